The Morgan fingerprint density at radius 1 is 1.21 bits per heavy atom. The Labute approximate surface area is 143 Å². The molecule has 2 heterocycles. The Kier molecular flexibility index (Phi) is 4.71. The van der Waals surface area contributed by atoms with Crippen molar-refractivity contribution in [1.82, 2.24) is 4.90 Å². The molecule has 0 aliphatic carbocycles. The summed E-state index contributed by atoms with van der Waals surface area (Å²) >= 11 is 1.02. The molecule has 2 aromatic rings. The lowest BCUT2D eigenvalue weighted by molar-refractivity contribution is -0.125. The van der Waals surface area contributed by atoms with E-state index in [1.54, 1.807) is 36.4 Å². The fourth-order valence-electron chi connectivity index (χ4n) is 2.29. The van der Waals surface area contributed by atoms with Crippen LogP contribution in [0.1, 0.15) is 28.8 Å². The van der Waals surface area contributed by atoms with Gasteiger partial charge in [0.1, 0.15) is 5.76 Å². The van der Waals surface area contributed by atoms with Crippen LogP contribution in [-0.2, 0) is 17.8 Å². The van der Waals surface area contributed by atoms with E-state index in [9.17, 15) is 14.4 Å². The molecule has 0 radical (unpaired) electrons. The normalized spacial score (nSPS) is 14.3. The Morgan fingerprint density at radius 3 is 2.54 bits per heavy atom. The van der Waals surface area contributed by atoms with Crippen molar-refractivity contribution >= 4 is 34.5 Å². The minimum Gasteiger partial charge on any atom is -0.456 e. The van der Waals surface area contributed by atoms with Crippen molar-refractivity contribution in [3.8, 4) is 0 Å². The Balaban J connectivity index is 1.63. The molecule has 124 valence electrons. The number of carbonyl (C=O) groups excluding carboxylic acids is 3. The molecule has 0 atom stereocenters. The lowest BCUT2D eigenvalue weighted by Crippen LogP contribution is -2.27. The number of furan rings is 1. The monoisotopic (exact) mass is 344 g/mol. The first kappa shape index (κ1) is 16.3. The Hall–Kier alpha value is -2.54. The van der Waals surface area contributed by atoms with E-state index in [1.165, 1.54) is 4.90 Å². The van der Waals surface area contributed by atoms with Crippen LogP contribution in [0, 0.1) is 0 Å². The van der Waals surface area contributed by atoms with Crippen molar-refractivity contribution < 1.29 is 18.8 Å². The van der Waals surface area contributed by atoms with Gasteiger partial charge in [-0.3, -0.25) is 19.3 Å². The van der Waals surface area contributed by atoms with E-state index in [-0.39, 0.29) is 35.1 Å². The third-order valence-electron chi connectivity index (χ3n) is 3.63. The van der Waals surface area contributed by atoms with E-state index >= 15 is 0 Å². The number of carbonyl (C=O) groups is 3. The fourth-order valence-corrected chi connectivity index (χ4v) is 3.02. The molecule has 1 saturated heterocycles. The SMILES string of the molecule is CCc1ccc(C(=O)Nc2ccc(CN3C(=O)CSC3=O)cc2)o1. The quantitative estimate of drug-likeness (QED) is 0.900. The highest BCUT2D eigenvalue weighted by atomic mass is 32.2. The predicted molar refractivity (Wildman–Crippen MR) is 90.9 cm³/mol. The van der Waals surface area contributed by atoms with Crippen molar-refractivity contribution in [2.45, 2.75) is 19.9 Å². The largest absolute Gasteiger partial charge is 0.456 e. The highest BCUT2D eigenvalue weighted by molar-refractivity contribution is 8.14. The van der Waals surface area contributed by atoms with Crippen LogP contribution in [0.2, 0.25) is 0 Å². The maximum atomic E-state index is 12.1. The number of amides is 3. The summed E-state index contributed by atoms with van der Waals surface area (Å²) in [5.74, 6) is 0.737. The number of rotatable bonds is 5. The van der Waals surface area contributed by atoms with Crippen LogP contribution in [0.15, 0.2) is 40.8 Å². The van der Waals surface area contributed by atoms with E-state index < -0.39 is 0 Å². The van der Waals surface area contributed by atoms with Gasteiger partial charge in [-0.1, -0.05) is 30.8 Å². The molecule has 6 nitrogen and oxygen atoms in total. The molecule has 0 saturated carbocycles. The highest BCUT2D eigenvalue weighted by Crippen LogP contribution is 2.22. The van der Waals surface area contributed by atoms with Gasteiger partial charge >= 0.3 is 0 Å². The number of nitrogens with one attached hydrogen (secondary N) is 1. The maximum absolute atomic E-state index is 12.1. The molecule has 1 aromatic heterocycles. The van der Waals surface area contributed by atoms with E-state index in [4.69, 9.17) is 4.42 Å². The summed E-state index contributed by atoms with van der Waals surface area (Å²) in [5.41, 5.74) is 1.44. The molecule has 3 amide bonds. The summed E-state index contributed by atoms with van der Waals surface area (Å²) in [7, 11) is 0. The van der Waals surface area contributed by atoms with Crippen LogP contribution >= 0.6 is 11.8 Å². The van der Waals surface area contributed by atoms with E-state index in [2.05, 4.69) is 5.32 Å². The van der Waals surface area contributed by atoms with Crippen molar-refractivity contribution in [2.75, 3.05) is 11.1 Å². The zero-order valence-corrected chi connectivity index (χ0v) is 13.9. The third-order valence-corrected chi connectivity index (χ3v) is 4.49. The van der Waals surface area contributed by atoms with E-state index in [0.29, 0.717) is 5.69 Å². The lowest BCUT2D eigenvalue weighted by atomic mass is 10.2. The fraction of sp³-hybridized carbons (Fsp3) is 0.235. The molecular weight excluding hydrogens is 328 g/mol. The first-order valence-corrected chi connectivity index (χ1v) is 8.51. The molecule has 7 heteroatoms. The summed E-state index contributed by atoms with van der Waals surface area (Å²) < 4.78 is 5.41. The van der Waals surface area contributed by atoms with Crippen LogP contribution in [0.5, 0.6) is 0 Å². The standard InChI is InChI=1S/C17H16N2O4S/c1-2-13-7-8-14(23-13)16(21)18-12-5-3-11(4-6-12)9-19-15(20)10-24-17(19)22/h3-8H,2,9-10H2,1H3,(H,18,21). The molecular formula is C17H16N2O4S. The molecule has 3 rings (SSSR count). The van der Waals surface area contributed by atoms with Crippen LogP contribution in [-0.4, -0.2) is 27.7 Å². The first-order valence-electron chi connectivity index (χ1n) is 7.53. The smallest absolute Gasteiger partial charge is 0.291 e. The van der Waals surface area contributed by atoms with Crippen molar-refractivity contribution in [1.29, 1.82) is 0 Å². The van der Waals surface area contributed by atoms with Gasteiger partial charge in [-0.15, -0.1) is 0 Å². The van der Waals surface area contributed by atoms with Crippen molar-refractivity contribution in [2.24, 2.45) is 0 Å². The highest BCUT2D eigenvalue weighted by Gasteiger charge is 2.29. The second-order valence-corrected chi connectivity index (χ2v) is 6.23. The number of benzene rings is 1. The maximum Gasteiger partial charge on any atom is 0.291 e. The molecule has 0 spiro atoms. The molecule has 1 aromatic carbocycles. The van der Waals surface area contributed by atoms with Crippen LogP contribution in [0.25, 0.3) is 0 Å². The van der Waals surface area contributed by atoms with Gasteiger partial charge in [0.05, 0.1) is 12.3 Å². The predicted octanol–water partition coefficient (Wildman–Crippen LogP) is 3.29. The van der Waals surface area contributed by atoms with Crippen LogP contribution < -0.4 is 5.32 Å². The molecule has 24 heavy (non-hydrogen) atoms. The number of imide groups is 1. The number of hydrogen-bond donors (Lipinski definition) is 1. The number of hydrogen-bond acceptors (Lipinski definition) is 5. The van der Waals surface area contributed by atoms with Gasteiger partial charge in [-0.05, 0) is 29.8 Å². The van der Waals surface area contributed by atoms with Gasteiger partial charge in [0.15, 0.2) is 5.76 Å². The number of aryl methyl sites for hydroxylation is 1. The van der Waals surface area contributed by atoms with Gasteiger partial charge in [-0.2, -0.15) is 0 Å². The summed E-state index contributed by atoms with van der Waals surface area (Å²) in [4.78, 5) is 36.5. The number of thioether (sulfide) groups is 1. The van der Waals surface area contributed by atoms with Crippen molar-refractivity contribution in [3.63, 3.8) is 0 Å². The topological polar surface area (TPSA) is 79.6 Å². The molecule has 1 fully saturated rings. The zero-order chi connectivity index (χ0) is 17.1. The van der Waals surface area contributed by atoms with Gasteiger partial charge in [0, 0.05) is 12.1 Å². The van der Waals surface area contributed by atoms with Gasteiger partial charge < -0.3 is 9.73 Å². The summed E-state index contributed by atoms with van der Waals surface area (Å²) in [6, 6.07) is 10.4. The Bertz CT molecular complexity index is 766. The second kappa shape index (κ2) is 6.92. The lowest BCUT2D eigenvalue weighted by Gasteiger charge is -2.13. The first-order chi connectivity index (χ1) is 11.6. The summed E-state index contributed by atoms with van der Waals surface area (Å²) in [6.07, 6.45) is 0.730. The number of nitrogens with zero attached hydrogens (tertiary/aromatic N) is 1. The van der Waals surface area contributed by atoms with Crippen LogP contribution in [0.3, 0.4) is 0 Å². The van der Waals surface area contributed by atoms with E-state index in [1.807, 2.05) is 6.92 Å². The Morgan fingerprint density at radius 2 is 1.96 bits per heavy atom. The molecule has 1 aliphatic heterocycles. The minimum absolute atomic E-state index is 0.174. The average Bonchev–Trinajstić information content (AvgIpc) is 3.18. The molecule has 1 aliphatic rings. The average molecular weight is 344 g/mol. The molecule has 0 unspecified atom stereocenters. The summed E-state index contributed by atoms with van der Waals surface area (Å²) in [6.45, 7) is 2.20. The van der Waals surface area contributed by atoms with Gasteiger partial charge in [-0.25, -0.2) is 0 Å². The van der Waals surface area contributed by atoms with Gasteiger partial charge in [0.25, 0.3) is 11.1 Å². The van der Waals surface area contributed by atoms with E-state index in [0.717, 1.165) is 29.5 Å². The summed E-state index contributed by atoms with van der Waals surface area (Å²) in [5, 5.41) is 2.53. The second-order valence-electron chi connectivity index (χ2n) is 5.31. The third kappa shape index (κ3) is 3.51. The molecule has 1 N–H and O–H groups in total. The number of anilines is 1. The zero-order valence-electron chi connectivity index (χ0n) is 13.1. The molecule has 0 bridgehead atoms. The van der Waals surface area contributed by atoms with Gasteiger partial charge in [0.2, 0.25) is 5.91 Å². The van der Waals surface area contributed by atoms with Crippen LogP contribution in [0.4, 0.5) is 10.5 Å². The van der Waals surface area contributed by atoms with Crippen molar-refractivity contribution in [3.05, 3.63) is 53.5 Å². The minimum atomic E-state index is -0.316.